The first-order valence-electron chi connectivity index (χ1n) is 11.2. The fourth-order valence-corrected chi connectivity index (χ4v) is 5.54. The highest BCUT2D eigenvalue weighted by molar-refractivity contribution is 7.99. The summed E-state index contributed by atoms with van der Waals surface area (Å²) in [7, 11) is 0. The van der Waals surface area contributed by atoms with Crippen molar-refractivity contribution in [2.75, 3.05) is 24.7 Å². The molecule has 0 saturated carbocycles. The molecule has 1 aromatic heterocycles. The van der Waals surface area contributed by atoms with Gasteiger partial charge in [0, 0.05) is 30.0 Å². The number of nitrogens with one attached hydrogen (secondary N) is 1. The van der Waals surface area contributed by atoms with E-state index in [-0.39, 0.29) is 30.5 Å². The first kappa shape index (κ1) is 23.0. The molecule has 2 aromatic carbocycles. The number of benzene rings is 2. The first-order valence-corrected chi connectivity index (χ1v) is 12.3. The van der Waals surface area contributed by atoms with Crippen LogP contribution >= 0.6 is 11.8 Å². The molecule has 1 saturated heterocycles. The normalized spacial score (nSPS) is 16.9. The van der Waals surface area contributed by atoms with E-state index in [9.17, 15) is 19.5 Å². The highest BCUT2D eigenvalue weighted by Gasteiger charge is 2.34. The van der Waals surface area contributed by atoms with Gasteiger partial charge < -0.3 is 24.6 Å². The molecule has 35 heavy (non-hydrogen) atoms. The van der Waals surface area contributed by atoms with Gasteiger partial charge in [-0.2, -0.15) is 11.8 Å². The smallest absolute Gasteiger partial charge is 0.407 e. The summed E-state index contributed by atoms with van der Waals surface area (Å²) >= 11 is 1.49. The SMILES string of the molecule is O=C(NCc1cc(C(=O)N2CCSCC2C(=O)O)no1)OCC1c2ccccc2-c2ccccc21. The summed E-state index contributed by atoms with van der Waals surface area (Å²) in [6.07, 6.45) is -0.616. The summed E-state index contributed by atoms with van der Waals surface area (Å²) in [6, 6.07) is 16.7. The zero-order chi connectivity index (χ0) is 24.4. The van der Waals surface area contributed by atoms with Gasteiger partial charge in [-0.25, -0.2) is 9.59 Å². The number of hydrogen-bond acceptors (Lipinski definition) is 7. The molecule has 10 heteroatoms. The van der Waals surface area contributed by atoms with E-state index in [0.29, 0.717) is 18.1 Å². The number of rotatable bonds is 6. The number of amides is 2. The predicted octanol–water partition coefficient (Wildman–Crippen LogP) is 3.36. The fraction of sp³-hybridized carbons (Fsp3) is 0.280. The van der Waals surface area contributed by atoms with Gasteiger partial charge in [-0.1, -0.05) is 53.7 Å². The van der Waals surface area contributed by atoms with Crippen LogP contribution in [0.5, 0.6) is 0 Å². The molecule has 1 aliphatic heterocycles. The third-order valence-corrected chi connectivity index (χ3v) is 7.23. The Morgan fingerprint density at radius 2 is 1.80 bits per heavy atom. The van der Waals surface area contributed by atoms with Crippen molar-refractivity contribution in [3.05, 3.63) is 77.2 Å². The van der Waals surface area contributed by atoms with E-state index >= 15 is 0 Å². The molecule has 5 rings (SSSR count). The zero-order valence-corrected chi connectivity index (χ0v) is 19.5. The van der Waals surface area contributed by atoms with Crippen LogP contribution in [0.25, 0.3) is 11.1 Å². The number of thioether (sulfide) groups is 1. The summed E-state index contributed by atoms with van der Waals surface area (Å²) in [5, 5.41) is 15.8. The molecule has 1 unspecified atom stereocenters. The second-order valence-electron chi connectivity index (χ2n) is 8.29. The number of carbonyl (C=O) groups excluding carboxylic acids is 2. The fourth-order valence-electron chi connectivity index (χ4n) is 4.50. The third kappa shape index (κ3) is 4.61. The number of nitrogens with zero attached hydrogens (tertiary/aromatic N) is 2. The van der Waals surface area contributed by atoms with Crippen LogP contribution in [0.2, 0.25) is 0 Å². The molecule has 0 bridgehead atoms. The lowest BCUT2D eigenvalue weighted by atomic mass is 9.98. The van der Waals surface area contributed by atoms with E-state index in [1.54, 1.807) is 0 Å². The highest BCUT2D eigenvalue weighted by Crippen LogP contribution is 2.44. The molecule has 0 spiro atoms. The van der Waals surface area contributed by atoms with Crippen LogP contribution in [0.4, 0.5) is 4.79 Å². The van der Waals surface area contributed by atoms with Crippen molar-refractivity contribution in [1.29, 1.82) is 0 Å². The Balaban J connectivity index is 1.17. The number of carboxylic acid groups (broad SMARTS) is 1. The average Bonchev–Trinajstić information content (AvgIpc) is 3.49. The minimum absolute atomic E-state index is 0.00693. The number of hydrogen-bond donors (Lipinski definition) is 2. The van der Waals surface area contributed by atoms with Gasteiger partial charge in [-0.3, -0.25) is 4.79 Å². The highest BCUT2D eigenvalue weighted by atomic mass is 32.2. The van der Waals surface area contributed by atoms with Gasteiger partial charge in [0.25, 0.3) is 5.91 Å². The number of carboxylic acids is 1. The van der Waals surface area contributed by atoms with Crippen LogP contribution in [-0.2, 0) is 16.1 Å². The molecule has 1 aliphatic carbocycles. The molecule has 2 N–H and O–H groups in total. The van der Waals surface area contributed by atoms with Crippen molar-refractivity contribution in [2.45, 2.75) is 18.5 Å². The Labute approximate surface area is 205 Å². The van der Waals surface area contributed by atoms with Crippen molar-refractivity contribution in [1.82, 2.24) is 15.4 Å². The molecule has 0 radical (unpaired) electrons. The minimum atomic E-state index is -1.05. The molecule has 2 aliphatic rings. The Morgan fingerprint density at radius 3 is 2.49 bits per heavy atom. The maximum absolute atomic E-state index is 12.7. The van der Waals surface area contributed by atoms with Crippen LogP contribution in [0.1, 0.15) is 33.3 Å². The summed E-state index contributed by atoms with van der Waals surface area (Å²) in [5.74, 6) is -0.355. The number of alkyl carbamates (subject to hydrolysis) is 1. The molecule has 1 fully saturated rings. The Bertz CT molecular complexity index is 1230. The number of aliphatic carboxylic acids is 1. The van der Waals surface area contributed by atoms with Crippen molar-refractivity contribution >= 4 is 29.7 Å². The average molecular weight is 494 g/mol. The summed E-state index contributed by atoms with van der Waals surface area (Å²) in [6.45, 7) is 0.485. The first-order chi connectivity index (χ1) is 17.0. The predicted molar refractivity (Wildman–Crippen MR) is 128 cm³/mol. The topological polar surface area (TPSA) is 122 Å². The molecular formula is C25H23N3O6S. The van der Waals surface area contributed by atoms with Crippen LogP contribution in [0.3, 0.4) is 0 Å². The van der Waals surface area contributed by atoms with E-state index in [1.807, 2.05) is 36.4 Å². The molecule has 1 atom stereocenters. The summed E-state index contributed by atoms with van der Waals surface area (Å²) < 4.78 is 10.7. The van der Waals surface area contributed by atoms with E-state index in [2.05, 4.69) is 22.6 Å². The van der Waals surface area contributed by atoms with Crippen LogP contribution in [-0.4, -0.2) is 63.8 Å². The van der Waals surface area contributed by atoms with Crippen LogP contribution in [0, 0.1) is 0 Å². The second-order valence-corrected chi connectivity index (χ2v) is 9.43. The van der Waals surface area contributed by atoms with Gasteiger partial charge in [-0.05, 0) is 22.3 Å². The van der Waals surface area contributed by atoms with Gasteiger partial charge in [0.2, 0.25) is 0 Å². The van der Waals surface area contributed by atoms with Crippen LogP contribution in [0.15, 0.2) is 59.1 Å². The molecule has 180 valence electrons. The van der Waals surface area contributed by atoms with Crippen LogP contribution < -0.4 is 5.32 Å². The lowest BCUT2D eigenvalue weighted by Gasteiger charge is -2.31. The monoisotopic (exact) mass is 493 g/mol. The molecule has 2 amide bonds. The van der Waals surface area contributed by atoms with Crippen molar-refractivity contribution < 1.29 is 28.8 Å². The lowest BCUT2D eigenvalue weighted by molar-refractivity contribution is -0.141. The summed E-state index contributed by atoms with van der Waals surface area (Å²) in [5.41, 5.74) is 4.54. The zero-order valence-electron chi connectivity index (χ0n) is 18.7. The molecule has 9 nitrogen and oxygen atoms in total. The van der Waals surface area contributed by atoms with E-state index in [4.69, 9.17) is 9.26 Å². The Morgan fingerprint density at radius 1 is 1.11 bits per heavy atom. The van der Waals surface area contributed by atoms with Gasteiger partial charge in [0.1, 0.15) is 12.6 Å². The number of ether oxygens (including phenoxy) is 1. The summed E-state index contributed by atoms with van der Waals surface area (Å²) in [4.78, 5) is 37.9. The van der Waals surface area contributed by atoms with Gasteiger partial charge in [0.15, 0.2) is 11.5 Å². The van der Waals surface area contributed by atoms with E-state index < -0.39 is 24.0 Å². The van der Waals surface area contributed by atoms with Crippen molar-refractivity contribution in [3.63, 3.8) is 0 Å². The second kappa shape index (κ2) is 9.83. The molecular weight excluding hydrogens is 470 g/mol. The lowest BCUT2D eigenvalue weighted by Crippen LogP contribution is -2.50. The van der Waals surface area contributed by atoms with Gasteiger partial charge >= 0.3 is 12.1 Å². The maximum Gasteiger partial charge on any atom is 0.407 e. The Hall–Kier alpha value is -3.79. The maximum atomic E-state index is 12.7. The van der Waals surface area contributed by atoms with E-state index in [1.165, 1.54) is 22.7 Å². The third-order valence-electron chi connectivity index (χ3n) is 6.20. The molecule has 2 heterocycles. The molecule has 3 aromatic rings. The number of aromatic nitrogens is 1. The van der Waals surface area contributed by atoms with Gasteiger partial charge in [-0.15, -0.1) is 0 Å². The Kier molecular flexibility index (Phi) is 6.45. The standard InChI is InChI=1S/C25H23N3O6S/c29-23(28-9-10-35-14-22(28)24(30)31)21-11-15(34-27-21)12-26-25(32)33-13-20-18-7-3-1-5-16(18)17-6-2-4-8-19(17)20/h1-8,11,20,22H,9-10,12-14H2,(H,26,32)(H,30,31). The number of fused-ring (bicyclic) bond motifs is 3. The van der Waals surface area contributed by atoms with Crippen molar-refractivity contribution in [2.24, 2.45) is 0 Å². The van der Waals surface area contributed by atoms with Gasteiger partial charge in [0.05, 0.1) is 6.54 Å². The van der Waals surface area contributed by atoms with E-state index in [0.717, 1.165) is 22.3 Å². The quantitative estimate of drug-likeness (QED) is 0.536. The largest absolute Gasteiger partial charge is 0.480 e. The van der Waals surface area contributed by atoms with Crippen molar-refractivity contribution in [3.8, 4) is 11.1 Å². The number of carbonyl (C=O) groups is 3. The minimum Gasteiger partial charge on any atom is -0.480 e.